The number of fused-ring (bicyclic) bond motifs is 1. The molecule has 2 aliphatic rings. The standard InChI is InChI=1S/C25H30ClN5O4/c1-25(2)11-14(22(32)31-25)9-15(12-27)28-23(33)18(8-13-4-5-13)30-24(34)19-10-16-20(35-3)7-6-17(26)21(16)29-19/h6-7,10,13-15,18,29H,4-5,8-9,11H2,1-3H3,(H,28,33)(H,30,34)(H,31,32)/t14-,15+,18+/m1/s1. The third-order valence-electron chi connectivity index (χ3n) is 6.64. The summed E-state index contributed by atoms with van der Waals surface area (Å²) in [6, 6.07) is 5.50. The van der Waals surface area contributed by atoms with Gasteiger partial charge in [0, 0.05) is 16.8 Å². The number of nitrogens with zero attached hydrogens (tertiary/aromatic N) is 1. The third-order valence-corrected chi connectivity index (χ3v) is 6.95. The molecule has 4 N–H and O–H groups in total. The largest absolute Gasteiger partial charge is 0.496 e. The number of methoxy groups -OCH3 is 1. The Morgan fingerprint density at radius 1 is 1.29 bits per heavy atom. The molecule has 4 rings (SSSR count). The second-order valence-electron chi connectivity index (χ2n) is 10.1. The molecular weight excluding hydrogens is 470 g/mol. The van der Waals surface area contributed by atoms with E-state index in [0.717, 1.165) is 12.8 Å². The van der Waals surface area contributed by atoms with E-state index in [2.05, 4.69) is 27.0 Å². The van der Waals surface area contributed by atoms with Gasteiger partial charge in [0.25, 0.3) is 5.91 Å². The Balaban J connectivity index is 1.46. The van der Waals surface area contributed by atoms with Gasteiger partial charge in [0.15, 0.2) is 0 Å². The van der Waals surface area contributed by atoms with Crippen LogP contribution in [0.4, 0.5) is 0 Å². The van der Waals surface area contributed by atoms with Crippen LogP contribution in [0.5, 0.6) is 5.75 Å². The smallest absolute Gasteiger partial charge is 0.268 e. The number of aromatic nitrogens is 1. The van der Waals surface area contributed by atoms with E-state index >= 15 is 0 Å². The number of carbonyl (C=O) groups is 3. The first-order valence-corrected chi connectivity index (χ1v) is 12.2. The number of carbonyl (C=O) groups excluding carboxylic acids is 3. The number of H-pyrrole nitrogens is 1. The maximum Gasteiger partial charge on any atom is 0.268 e. The third kappa shape index (κ3) is 5.70. The predicted molar refractivity (Wildman–Crippen MR) is 131 cm³/mol. The molecular formula is C25H30ClN5O4. The SMILES string of the molecule is COc1ccc(Cl)c2[nH]c(C(=O)N[C@@H](CC3CC3)C(=O)N[C@H](C#N)C[C@@H]3CC(C)(C)NC3=O)cc12. The van der Waals surface area contributed by atoms with Gasteiger partial charge in [0.2, 0.25) is 11.8 Å². The first-order valence-electron chi connectivity index (χ1n) is 11.8. The maximum atomic E-state index is 13.1. The number of halogens is 1. The van der Waals surface area contributed by atoms with Crippen LogP contribution < -0.4 is 20.7 Å². The lowest BCUT2D eigenvalue weighted by atomic mass is 9.92. The van der Waals surface area contributed by atoms with Crippen molar-refractivity contribution in [2.75, 3.05) is 7.11 Å². The summed E-state index contributed by atoms with van der Waals surface area (Å²) in [5.41, 5.74) is 0.489. The van der Waals surface area contributed by atoms with Crippen LogP contribution in [0, 0.1) is 23.2 Å². The number of benzene rings is 1. The second kappa shape index (κ2) is 9.78. The normalized spacial score (nSPS) is 20.5. The minimum absolute atomic E-state index is 0.111. The number of nitrogens with one attached hydrogen (secondary N) is 4. The van der Waals surface area contributed by atoms with Crippen LogP contribution in [0.2, 0.25) is 5.02 Å². The van der Waals surface area contributed by atoms with Crippen molar-refractivity contribution in [2.45, 2.75) is 63.6 Å². The van der Waals surface area contributed by atoms with Crippen LogP contribution in [-0.4, -0.2) is 47.4 Å². The lowest BCUT2D eigenvalue weighted by Crippen LogP contribution is -2.50. The molecule has 1 aromatic heterocycles. The number of nitriles is 1. The van der Waals surface area contributed by atoms with Gasteiger partial charge < -0.3 is 25.7 Å². The first kappa shape index (κ1) is 24.9. The van der Waals surface area contributed by atoms with E-state index in [9.17, 15) is 19.6 Å². The van der Waals surface area contributed by atoms with E-state index in [0.29, 0.717) is 40.4 Å². The van der Waals surface area contributed by atoms with E-state index in [1.807, 2.05) is 13.8 Å². The van der Waals surface area contributed by atoms with Gasteiger partial charge in [-0.1, -0.05) is 24.4 Å². The molecule has 9 nitrogen and oxygen atoms in total. The van der Waals surface area contributed by atoms with Gasteiger partial charge in [-0.2, -0.15) is 5.26 Å². The van der Waals surface area contributed by atoms with Gasteiger partial charge >= 0.3 is 0 Å². The fourth-order valence-electron chi connectivity index (χ4n) is 4.70. The topological polar surface area (TPSA) is 136 Å². The first-order chi connectivity index (χ1) is 16.6. The Labute approximate surface area is 208 Å². The maximum absolute atomic E-state index is 13.1. The van der Waals surface area contributed by atoms with Crippen molar-refractivity contribution in [1.82, 2.24) is 20.9 Å². The van der Waals surface area contributed by atoms with E-state index in [1.54, 1.807) is 18.2 Å². The molecule has 1 aliphatic carbocycles. The molecule has 0 unspecified atom stereocenters. The molecule has 35 heavy (non-hydrogen) atoms. The number of rotatable bonds is 9. The molecule has 10 heteroatoms. The second-order valence-corrected chi connectivity index (χ2v) is 10.5. The molecule has 3 amide bonds. The minimum Gasteiger partial charge on any atom is -0.496 e. The molecule has 2 aromatic rings. The summed E-state index contributed by atoms with van der Waals surface area (Å²) >= 11 is 6.27. The summed E-state index contributed by atoms with van der Waals surface area (Å²) in [7, 11) is 1.53. The van der Waals surface area contributed by atoms with E-state index in [1.165, 1.54) is 7.11 Å². The average Bonchev–Trinajstić information content (AvgIpc) is 3.43. The molecule has 3 atom stereocenters. The summed E-state index contributed by atoms with van der Waals surface area (Å²) in [5, 5.41) is 19.2. The summed E-state index contributed by atoms with van der Waals surface area (Å²) in [6.07, 6.45) is 3.29. The van der Waals surface area contributed by atoms with Crippen molar-refractivity contribution in [1.29, 1.82) is 5.26 Å². The Kier molecular flexibility index (Phi) is 6.95. The molecule has 1 saturated heterocycles. The van der Waals surface area contributed by atoms with Crippen LogP contribution in [0.15, 0.2) is 18.2 Å². The van der Waals surface area contributed by atoms with Crippen LogP contribution >= 0.6 is 11.6 Å². The van der Waals surface area contributed by atoms with Gasteiger partial charge in [-0.3, -0.25) is 14.4 Å². The van der Waals surface area contributed by atoms with Gasteiger partial charge in [-0.05, 0) is 57.2 Å². The molecule has 2 fully saturated rings. The van der Waals surface area contributed by atoms with Crippen molar-refractivity contribution < 1.29 is 19.1 Å². The number of hydrogen-bond acceptors (Lipinski definition) is 5. The summed E-state index contributed by atoms with van der Waals surface area (Å²) < 4.78 is 5.35. The van der Waals surface area contributed by atoms with Crippen molar-refractivity contribution >= 4 is 40.2 Å². The minimum atomic E-state index is -0.832. The van der Waals surface area contributed by atoms with Crippen LogP contribution in [-0.2, 0) is 9.59 Å². The molecule has 1 aliphatic heterocycles. The summed E-state index contributed by atoms with van der Waals surface area (Å²) in [6.45, 7) is 3.86. The van der Waals surface area contributed by atoms with Crippen molar-refractivity contribution in [2.24, 2.45) is 11.8 Å². The molecule has 1 saturated carbocycles. The number of ether oxygens (including phenoxy) is 1. The fourth-order valence-corrected chi connectivity index (χ4v) is 4.91. The molecule has 0 bridgehead atoms. The van der Waals surface area contributed by atoms with Crippen LogP contribution in [0.3, 0.4) is 0 Å². The van der Waals surface area contributed by atoms with Crippen molar-refractivity contribution in [3.8, 4) is 11.8 Å². The molecule has 0 radical (unpaired) electrons. The molecule has 186 valence electrons. The summed E-state index contributed by atoms with van der Waals surface area (Å²) in [5.74, 6) is -0.419. The Bertz CT molecular complexity index is 1200. The van der Waals surface area contributed by atoms with Gasteiger partial charge in [0.05, 0.1) is 23.7 Å². The average molecular weight is 500 g/mol. The predicted octanol–water partition coefficient (Wildman–Crippen LogP) is 3.04. The van der Waals surface area contributed by atoms with E-state index in [4.69, 9.17) is 16.3 Å². The molecule has 0 spiro atoms. The zero-order valence-corrected chi connectivity index (χ0v) is 20.8. The Hall–Kier alpha value is -3.25. The zero-order valence-electron chi connectivity index (χ0n) is 20.0. The van der Waals surface area contributed by atoms with Gasteiger partial charge in [0.1, 0.15) is 23.5 Å². The van der Waals surface area contributed by atoms with E-state index in [-0.39, 0.29) is 29.5 Å². The fraction of sp³-hybridized carbons (Fsp3) is 0.520. The number of aromatic amines is 1. The highest BCUT2D eigenvalue weighted by atomic mass is 35.5. The highest BCUT2D eigenvalue weighted by Gasteiger charge is 2.39. The highest BCUT2D eigenvalue weighted by Crippen LogP contribution is 2.34. The lowest BCUT2D eigenvalue weighted by Gasteiger charge is -2.21. The van der Waals surface area contributed by atoms with Crippen molar-refractivity contribution in [3.63, 3.8) is 0 Å². The molecule has 2 heterocycles. The zero-order chi connectivity index (χ0) is 25.3. The van der Waals surface area contributed by atoms with E-state index < -0.39 is 23.9 Å². The highest BCUT2D eigenvalue weighted by molar-refractivity contribution is 6.35. The molecule has 1 aromatic carbocycles. The van der Waals surface area contributed by atoms with Crippen molar-refractivity contribution in [3.05, 3.63) is 28.9 Å². The Morgan fingerprint density at radius 2 is 2.03 bits per heavy atom. The number of hydrogen-bond donors (Lipinski definition) is 4. The monoisotopic (exact) mass is 499 g/mol. The summed E-state index contributed by atoms with van der Waals surface area (Å²) in [4.78, 5) is 41.4. The Morgan fingerprint density at radius 3 is 2.63 bits per heavy atom. The number of amides is 3. The van der Waals surface area contributed by atoms with Crippen LogP contribution in [0.25, 0.3) is 10.9 Å². The van der Waals surface area contributed by atoms with Crippen LogP contribution in [0.1, 0.15) is 56.4 Å². The van der Waals surface area contributed by atoms with Gasteiger partial charge in [-0.25, -0.2) is 0 Å². The van der Waals surface area contributed by atoms with Gasteiger partial charge in [-0.15, -0.1) is 0 Å². The quantitative estimate of drug-likeness (QED) is 0.420. The lowest BCUT2D eigenvalue weighted by molar-refractivity contribution is -0.125.